The van der Waals surface area contributed by atoms with E-state index in [1.165, 1.54) is 38.9 Å². The molecule has 77 valence electrons. The summed E-state index contributed by atoms with van der Waals surface area (Å²) in [5.41, 5.74) is 0. The van der Waals surface area contributed by atoms with Gasteiger partial charge in [-0.2, -0.15) is 0 Å². The van der Waals surface area contributed by atoms with Crippen molar-refractivity contribution in [2.24, 2.45) is 0 Å². The van der Waals surface area contributed by atoms with Gasteiger partial charge in [0.2, 0.25) is 0 Å². The van der Waals surface area contributed by atoms with Gasteiger partial charge in [0.15, 0.2) is 6.29 Å². The number of likely N-dealkylation sites (tertiary alicyclic amines) is 1. The zero-order chi connectivity index (χ0) is 9.52. The highest BCUT2D eigenvalue weighted by Gasteiger charge is 2.10. The van der Waals surface area contributed by atoms with E-state index >= 15 is 0 Å². The molecule has 0 aromatic rings. The fraction of sp³-hybridized carbons (Fsp3) is 1.00. The lowest BCUT2D eigenvalue weighted by atomic mass is 10.2. The fourth-order valence-electron chi connectivity index (χ4n) is 1.84. The maximum atomic E-state index is 10.3. The summed E-state index contributed by atoms with van der Waals surface area (Å²) in [6.45, 7) is 3.68. The van der Waals surface area contributed by atoms with Crippen molar-refractivity contribution in [2.45, 2.75) is 44.8 Å². The van der Waals surface area contributed by atoms with Gasteiger partial charge in [-0.25, -0.2) is 5.11 Å². The normalized spacial score (nSPS) is 18.7. The third kappa shape index (κ3) is 5.24. The second-order valence-electron chi connectivity index (χ2n) is 3.85. The van der Waals surface area contributed by atoms with Crippen LogP contribution in [0.5, 0.6) is 0 Å². The van der Waals surface area contributed by atoms with E-state index in [1.807, 2.05) is 0 Å². The van der Waals surface area contributed by atoms with E-state index in [0.29, 0.717) is 6.42 Å². The molecule has 1 saturated heterocycles. The molecule has 0 spiro atoms. The molecule has 1 atom stereocenters. The molecule has 1 aliphatic heterocycles. The first-order valence-electron chi connectivity index (χ1n) is 5.35. The van der Waals surface area contributed by atoms with Crippen molar-refractivity contribution in [1.82, 2.24) is 4.90 Å². The summed E-state index contributed by atoms with van der Waals surface area (Å²) in [6.07, 6.45) is 4.88. The summed E-state index contributed by atoms with van der Waals surface area (Å²) < 4.78 is 0. The van der Waals surface area contributed by atoms with Crippen molar-refractivity contribution in [1.29, 1.82) is 0 Å². The summed E-state index contributed by atoms with van der Waals surface area (Å²) in [6, 6.07) is 0. The van der Waals surface area contributed by atoms with Gasteiger partial charge in [0.05, 0.1) is 0 Å². The Morgan fingerprint density at radius 1 is 1.15 bits per heavy atom. The van der Waals surface area contributed by atoms with Gasteiger partial charge in [-0.3, -0.25) is 0 Å². The molecule has 13 heavy (non-hydrogen) atoms. The molecular weight excluding hydrogens is 166 g/mol. The van der Waals surface area contributed by atoms with Crippen LogP contribution in [0.1, 0.15) is 38.5 Å². The van der Waals surface area contributed by atoms with E-state index in [1.54, 1.807) is 0 Å². The van der Waals surface area contributed by atoms with Crippen molar-refractivity contribution in [3.05, 3.63) is 0 Å². The Hall–Kier alpha value is -0.120. The summed E-state index contributed by atoms with van der Waals surface area (Å²) in [5, 5.41) is 18.8. The molecule has 0 saturated carbocycles. The monoisotopic (exact) mass is 186 g/mol. The molecule has 1 rings (SSSR count). The van der Waals surface area contributed by atoms with Crippen LogP contribution in [-0.2, 0) is 5.11 Å². The first-order valence-corrected chi connectivity index (χ1v) is 5.35. The first-order chi connectivity index (χ1) is 6.29. The van der Waals surface area contributed by atoms with Crippen LogP contribution in [0.15, 0.2) is 0 Å². The summed E-state index contributed by atoms with van der Waals surface area (Å²) in [5.74, 6) is 0. The van der Waals surface area contributed by atoms with Crippen molar-refractivity contribution in [2.75, 3.05) is 19.6 Å². The highest BCUT2D eigenvalue weighted by Crippen LogP contribution is 2.09. The van der Waals surface area contributed by atoms with Gasteiger partial charge in [0.1, 0.15) is 0 Å². The van der Waals surface area contributed by atoms with Crippen LogP contribution in [0.4, 0.5) is 0 Å². The molecule has 1 radical (unpaired) electrons. The maximum Gasteiger partial charge on any atom is 0.188 e. The van der Waals surface area contributed by atoms with Crippen LogP contribution < -0.4 is 0 Å². The number of nitrogens with zero attached hydrogens (tertiary/aromatic N) is 1. The van der Waals surface area contributed by atoms with Crippen molar-refractivity contribution in [3.8, 4) is 0 Å². The number of rotatable bonds is 6. The van der Waals surface area contributed by atoms with Gasteiger partial charge in [-0.15, -0.1) is 0 Å². The predicted molar refractivity (Wildman–Crippen MR) is 50.8 cm³/mol. The fourth-order valence-corrected chi connectivity index (χ4v) is 1.84. The van der Waals surface area contributed by atoms with Crippen LogP contribution in [0.3, 0.4) is 0 Å². The van der Waals surface area contributed by atoms with Crippen LogP contribution >= 0.6 is 0 Å². The molecule has 0 aromatic carbocycles. The maximum absolute atomic E-state index is 10.3. The van der Waals surface area contributed by atoms with E-state index < -0.39 is 6.29 Å². The standard InChI is InChI=1S/C10H20NO2/c12-10(13)6-2-1-3-7-11-8-4-5-9-11/h10,12H,1-9H2. The largest absolute Gasteiger partial charge is 0.366 e. The van der Waals surface area contributed by atoms with E-state index in [9.17, 15) is 5.11 Å². The molecule has 0 aliphatic carbocycles. The first kappa shape index (κ1) is 11.0. The highest BCUT2D eigenvalue weighted by atomic mass is 16.5. The molecule has 1 heterocycles. The predicted octanol–water partition coefficient (Wildman–Crippen LogP) is 1.39. The summed E-state index contributed by atoms with van der Waals surface area (Å²) in [4.78, 5) is 2.48. The van der Waals surface area contributed by atoms with Gasteiger partial charge >= 0.3 is 0 Å². The van der Waals surface area contributed by atoms with E-state index in [2.05, 4.69) is 4.90 Å². The number of aliphatic hydroxyl groups is 1. The Bertz CT molecular complexity index is 122. The summed E-state index contributed by atoms with van der Waals surface area (Å²) in [7, 11) is 0. The summed E-state index contributed by atoms with van der Waals surface area (Å²) >= 11 is 0. The molecule has 3 nitrogen and oxygen atoms in total. The van der Waals surface area contributed by atoms with Crippen LogP contribution in [-0.4, -0.2) is 35.9 Å². The number of hydrogen-bond donors (Lipinski definition) is 1. The van der Waals surface area contributed by atoms with Crippen LogP contribution in [0.2, 0.25) is 0 Å². The van der Waals surface area contributed by atoms with Crippen LogP contribution in [0, 0.1) is 0 Å². The SMILES string of the molecule is [O]C(O)CCCCCN1CCCC1. The lowest BCUT2D eigenvalue weighted by Crippen LogP contribution is -2.20. The van der Waals surface area contributed by atoms with Crippen LogP contribution in [0.25, 0.3) is 0 Å². The lowest BCUT2D eigenvalue weighted by Gasteiger charge is -2.13. The zero-order valence-corrected chi connectivity index (χ0v) is 8.24. The van der Waals surface area contributed by atoms with E-state index in [4.69, 9.17) is 5.11 Å². The molecule has 0 bridgehead atoms. The Balaban J connectivity index is 1.83. The van der Waals surface area contributed by atoms with Gasteiger partial charge in [0, 0.05) is 6.42 Å². The molecule has 1 fully saturated rings. The van der Waals surface area contributed by atoms with E-state index in [-0.39, 0.29) is 0 Å². The average molecular weight is 186 g/mol. The molecular formula is C10H20NO2. The van der Waals surface area contributed by atoms with Crippen molar-refractivity contribution >= 4 is 0 Å². The van der Waals surface area contributed by atoms with Gasteiger partial charge in [0.25, 0.3) is 0 Å². The quantitative estimate of drug-likeness (QED) is 0.503. The lowest BCUT2D eigenvalue weighted by molar-refractivity contribution is -0.0968. The number of hydrogen-bond acceptors (Lipinski definition) is 2. The van der Waals surface area contributed by atoms with Gasteiger partial charge in [-0.1, -0.05) is 6.42 Å². The second kappa shape index (κ2) is 6.35. The molecule has 0 aromatic heterocycles. The number of unbranched alkanes of at least 4 members (excludes halogenated alkanes) is 2. The molecule has 3 heteroatoms. The molecule has 0 amide bonds. The molecule has 1 N–H and O–H groups in total. The second-order valence-corrected chi connectivity index (χ2v) is 3.85. The molecule has 1 aliphatic rings. The third-order valence-corrected chi connectivity index (χ3v) is 2.62. The third-order valence-electron chi connectivity index (χ3n) is 2.62. The Morgan fingerprint density at radius 3 is 2.46 bits per heavy atom. The molecule has 1 unspecified atom stereocenters. The smallest absolute Gasteiger partial charge is 0.188 e. The van der Waals surface area contributed by atoms with Crippen molar-refractivity contribution in [3.63, 3.8) is 0 Å². The Kier molecular flexibility index (Phi) is 5.35. The van der Waals surface area contributed by atoms with Gasteiger partial charge < -0.3 is 10.0 Å². The highest BCUT2D eigenvalue weighted by molar-refractivity contribution is 4.65. The average Bonchev–Trinajstić information content (AvgIpc) is 2.55. The number of aliphatic hydroxyl groups excluding tert-OH is 1. The minimum absolute atomic E-state index is 0.417. The van der Waals surface area contributed by atoms with E-state index in [0.717, 1.165) is 12.8 Å². The topological polar surface area (TPSA) is 43.4 Å². The van der Waals surface area contributed by atoms with Gasteiger partial charge in [-0.05, 0) is 45.3 Å². The zero-order valence-electron chi connectivity index (χ0n) is 8.24. The Morgan fingerprint density at radius 2 is 1.85 bits per heavy atom. The van der Waals surface area contributed by atoms with Crippen molar-refractivity contribution < 1.29 is 10.2 Å². The minimum Gasteiger partial charge on any atom is -0.366 e. The Labute approximate surface area is 80.4 Å². The minimum atomic E-state index is -1.35.